The van der Waals surface area contributed by atoms with Crippen LogP contribution in [-0.4, -0.2) is 46.4 Å². The summed E-state index contributed by atoms with van der Waals surface area (Å²) < 4.78 is 5.44. The molecule has 1 amide bonds. The number of amides is 1. The van der Waals surface area contributed by atoms with Crippen molar-refractivity contribution in [3.05, 3.63) is 5.89 Å². The zero-order valence-electron chi connectivity index (χ0n) is 11.4. The SMILES string of the molecule is CC(C)NC(=O)[C@@H](C)Sc1nnc(CN(C)C)o1. The zero-order valence-corrected chi connectivity index (χ0v) is 12.2. The molecular formula is C11H20N4O2S. The lowest BCUT2D eigenvalue weighted by molar-refractivity contribution is -0.120. The van der Waals surface area contributed by atoms with Crippen LogP contribution >= 0.6 is 11.8 Å². The first-order valence-corrected chi connectivity index (χ1v) is 6.70. The Labute approximate surface area is 112 Å². The fourth-order valence-corrected chi connectivity index (χ4v) is 1.94. The van der Waals surface area contributed by atoms with Crippen molar-refractivity contribution in [1.29, 1.82) is 0 Å². The van der Waals surface area contributed by atoms with Crippen molar-refractivity contribution in [3.63, 3.8) is 0 Å². The van der Waals surface area contributed by atoms with E-state index in [0.717, 1.165) is 0 Å². The molecule has 0 saturated heterocycles. The van der Waals surface area contributed by atoms with E-state index in [1.165, 1.54) is 11.8 Å². The molecule has 1 aromatic heterocycles. The van der Waals surface area contributed by atoms with E-state index in [1.807, 2.05) is 39.8 Å². The summed E-state index contributed by atoms with van der Waals surface area (Å²) in [6, 6.07) is 0.132. The zero-order chi connectivity index (χ0) is 13.7. The second kappa shape index (κ2) is 6.75. The lowest BCUT2D eigenvalue weighted by Gasteiger charge is -2.12. The van der Waals surface area contributed by atoms with E-state index in [9.17, 15) is 4.79 Å². The monoisotopic (exact) mass is 272 g/mol. The minimum absolute atomic E-state index is 0.0256. The van der Waals surface area contributed by atoms with Crippen LogP contribution in [0.4, 0.5) is 0 Å². The molecular weight excluding hydrogens is 252 g/mol. The van der Waals surface area contributed by atoms with Gasteiger partial charge in [0.15, 0.2) is 0 Å². The predicted molar refractivity (Wildman–Crippen MR) is 70.3 cm³/mol. The third-order valence-corrected chi connectivity index (χ3v) is 2.91. The van der Waals surface area contributed by atoms with E-state index in [1.54, 1.807) is 0 Å². The lowest BCUT2D eigenvalue weighted by Crippen LogP contribution is -2.35. The maximum Gasteiger partial charge on any atom is 0.277 e. The van der Waals surface area contributed by atoms with Gasteiger partial charge in [0.05, 0.1) is 11.8 Å². The molecule has 1 aromatic rings. The van der Waals surface area contributed by atoms with Gasteiger partial charge in [-0.2, -0.15) is 0 Å². The standard InChI is InChI=1S/C11H20N4O2S/c1-7(2)12-10(16)8(3)18-11-14-13-9(17-11)6-15(4)5/h7-8H,6H2,1-5H3,(H,12,16)/t8-/m1/s1. The highest BCUT2D eigenvalue weighted by Gasteiger charge is 2.18. The molecule has 6 nitrogen and oxygen atoms in total. The van der Waals surface area contributed by atoms with Gasteiger partial charge in [0.25, 0.3) is 5.22 Å². The molecule has 1 heterocycles. The van der Waals surface area contributed by atoms with Gasteiger partial charge in [-0.25, -0.2) is 0 Å². The minimum Gasteiger partial charge on any atom is -0.415 e. The summed E-state index contributed by atoms with van der Waals surface area (Å²) in [5, 5.41) is 10.9. The first kappa shape index (κ1) is 15.0. The van der Waals surface area contributed by atoms with Crippen LogP contribution in [0.1, 0.15) is 26.7 Å². The second-order valence-electron chi connectivity index (χ2n) is 4.62. The lowest BCUT2D eigenvalue weighted by atomic mass is 10.3. The molecule has 1 atom stereocenters. The Bertz CT molecular complexity index is 392. The van der Waals surface area contributed by atoms with Crippen molar-refractivity contribution in [3.8, 4) is 0 Å². The summed E-state index contributed by atoms with van der Waals surface area (Å²) in [7, 11) is 3.85. The van der Waals surface area contributed by atoms with Gasteiger partial charge in [-0.1, -0.05) is 11.8 Å². The molecule has 0 fully saturated rings. The third-order valence-electron chi connectivity index (χ3n) is 1.98. The molecule has 0 spiro atoms. The summed E-state index contributed by atoms with van der Waals surface area (Å²) in [4.78, 5) is 13.7. The molecule has 1 rings (SSSR count). The van der Waals surface area contributed by atoms with E-state index in [4.69, 9.17) is 4.42 Å². The van der Waals surface area contributed by atoms with Gasteiger partial charge in [0.2, 0.25) is 11.8 Å². The third kappa shape index (κ3) is 5.05. The summed E-state index contributed by atoms with van der Waals surface area (Å²) >= 11 is 1.27. The molecule has 0 aliphatic heterocycles. The average molecular weight is 272 g/mol. The molecule has 0 aliphatic carbocycles. The normalized spacial score (nSPS) is 13.1. The van der Waals surface area contributed by atoms with Crippen LogP contribution in [0, 0.1) is 0 Å². The Balaban J connectivity index is 2.51. The van der Waals surface area contributed by atoms with E-state index < -0.39 is 0 Å². The van der Waals surface area contributed by atoms with Gasteiger partial charge >= 0.3 is 0 Å². The maximum absolute atomic E-state index is 11.7. The highest BCUT2D eigenvalue weighted by molar-refractivity contribution is 8.00. The Morgan fingerprint density at radius 1 is 1.39 bits per heavy atom. The van der Waals surface area contributed by atoms with Crippen LogP contribution in [0.2, 0.25) is 0 Å². The topological polar surface area (TPSA) is 71.3 Å². The Morgan fingerprint density at radius 2 is 2.06 bits per heavy atom. The molecule has 7 heteroatoms. The number of hydrogen-bond donors (Lipinski definition) is 1. The van der Waals surface area contributed by atoms with Crippen molar-refractivity contribution >= 4 is 17.7 Å². The van der Waals surface area contributed by atoms with Crippen molar-refractivity contribution in [1.82, 2.24) is 20.4 Å². The second-order valence-corrected chi connectivity index (χ2v) is 5.91. The van der Waals surface area contributed by atoms with Crippen LogP contribution < -0.4 is 5.32 Å². The van der Waals surface area contributed by atoms with Gasteiger partial charge in [-0.15, -0.1) is 10.2 Å². The molecule has 18 heavy (non-hydrogen) atoms. The number of carbonyl (C=O) groups excluding carboxylic acids is 1. The van der Waals surface area contributed by atoms with Gasteiger partial charge < -0.3 is 14.6 Å². The van der Waals surface area contributed by atoms with Crippen molar-refractivity contribution in [2.75, 3.05) is 14.1 Å². The number of hydrogen-bond acceptors (Lipinski definition) is 6. The van der Waals surface area contributed by atoms with Crippen LogP contribution in [0.15, 0.2) is 9.64 Å². The molecule has 1 N–H and O–H groups in total. The van der Waals surface area contributed by atoms with Crippen LogP contribution in [0.3, 0.4) is 0 Å². The number of rotatable bonds is 6. The van der Waals surface area contributed by atoms with Gasteiger partial charge in [-0.05, 0) is 34.9 Å². The number of nitrogens with zero attached hydrogens (tertiary/aromatic N) is 3. The Kier molecular flexibility index (Phi) is 5.61. The van der Waals surface area contributed by atoms with Crippen LogP contribution in [0.25, 0.3) is 0 Å². The average Bonchev–Trinajstić information content (AvgIpc) is 2.63. The summed E-state index contributed by atoms with van der Waals surface area (Å²) in [6.07, 6.45) is 0. The quantitative estimate of drug-likeness (QED) is 0.783. The van der Waals surface area contributed by atoms with E-state index >= 15 is 0 Å². The number of aromatic nitrogens is 2. The van der Waals surface area contributed by atoms with E-state index in [0.29, 0.717) is 17.7 Å². The Hall–Kier alpha value is -1.08. The van der Waals surface area contributed by atoms with Crippen LogP contribution in [-0.2, 0) is 11.3 Å². The smallest absolute Gasteiger partial charge is 0.277 e. The minimum atomic E-state index is -0.250. The molecule has 102 valence electrons. The molecule has 0 radical (unpaired) electrons. The molecule has 0 unspecified atom stereocenters. The van der Waals surface area contributed by atoms with Crippen LogP contribution in [0.5, 0.6) is 0 Å². The summed E-state index contributed by atoms with van der Waals surface area (Å²) in [5.41, 5.74) is 0. The van der Waals surface area contributed by atoms with Crippen molar-refractivity contribution in [2.45, 2.75) is 43.8 Å². The number of carbonyl (C=O) groups is 1. The largest absolute Gasteiger partial charge is 0.415 e. The van der Waals surface area contributed by atoms with E-state index in [-0.39, 0.29) is 17.2 Å². The van der Waals surface area contributed by atoms with Gasteiger partial charge in [-0.3, -0.25) is 4.79 Å². The highest BCUT2D eigenvalue weighted by Crippen LogP contribution is 2.22. The summed E-state index contributed by atoms with van der Waals surface area (Å²) in [6.45, 7) is 6.27. The first-order chi connectivity index (χ1) is 8.38. The molecule has 0 saturated carbocycles. The molecule has 0 aromatic carbocycles. The van der Waals surface area contributed by atoms with Crippen molar-refractivity contribution < 1.29 is 9.21 Å². The fourth-order valence-electron chi connectivity index (χ4n) is 1.23. The summed E-state index contributed by atoms with van der Waals surface area (Å²) in [5.74, 6) is 0.529. The Morgan fingerprint density at radius 3 is 2.61 bits per heavy atom. The van der Waals surface area contributed by atoms with Gasteiger partial charge in [0.1, 0.15) is 0 Å². The first-order valence-electron chi connectivity index (χ1n) is 5.82. The fraction of sp³-hybridized carbons (Fsp3) is 0.727. The predicted octanol–water partition coefficient (Wildman–Crippen LogP) is 1.14. The van der Waals surface area contributed by atoms with Crippen molar-refractivity contribution in [2.24, 2.45) is 0 Å². The number of nitrogens with one attached hydrogen (secondary N) is 1. The maximum atomic E-state index is 11.7. The molecule has 0 bridgehead atoms. The molecule has 0 aliphatic rings. The number of thioether (sulfide) groups is 1. The van der Waals surface area contributed by atoms with Gasteiger partial charge in [0, 0.05) is 6.04 Å². The van der Waals surface area contributed by atoms with E-state index in [2.05, 4.69) is 15.5 Å². The highest BCUT2D eigenvalue weighted by atomic mass is 32.2.